The molecule has 1 nitrogen and oxygen atoms in total. The fourth-order valence-electron chi connectivity index (χ4n) is 1.13. The van der Waals surface area contributed by atoms with E-state index in [4.69, 9.17) is 0 Å². The van der Waals surface area contributed by atoms with Crippen molar-refractivity contribution in [3.8, 4) is 0 Å². The Bertz CT molecular complexity index is 354. The second kappa shape index (κ2) is 7.30. The molecule has 0 aliphatic rings. The maximum absolute atomic E-state index is 9.33. The molecular formula is C13H13AgO. The molecule has 0 N–H and O–H groups in total. The zero-order valence-electron chi connectivity index (χ0n) is 8.54. The number of ketones is 1. The van der Waals surface area contributed by atoms with Crippen molar-refractivity contribution in [2.45, 2.75) is 6.92 Å². The van der Waals surface area contributed by atoms with Gasteiger partial charge in [0.05, 0.1) is 0 Å². The Labute approximate surface area is 106 Å². The van der Waals surface area contributed by atoms with Crippen molar-refractivity contribution in [3.63, 3.8) is 0 Å². The second-order valence-electron chi connectivity index (χ2n) is 3.05. The number of benzene rings is 2. The number of rotatable bonds is 0. The predicted molar refractivity (Wildman–Crippen MR) is 60.0 cm³/mol. The van der Waals surface area contributed by atoms with Gasteiger partial charge in [0.2, 0.25) is 0 Å². The molecule has 2 aromatic carbocycles. The summed E-state index contributed by atoms with van der Waals surface area (Å²) in [5, 5.41) is 2.62. The molecule has 2 aromatic rings. The maximum atomic E-state index is 9.33. The molecule has 0 unspecified atom stereocenters. The average Bonchev–Trinajstić information content (AvgIpc) is 2.17. The van der Waals surface area contributed by atoms with Gasteiger partial charge in [-0.1, -0.05) is 48.5 Å². The Kier molecular flexibility index (Phi) is 6.80. The second-order valence-corrected chi connectivity index (χ2v) is 3.05. The molecule has 0 spiro atoms. The van der Waals surface area contributed by atoms with Crippen molar-refractivity contribution in [1.82, 2.24) is 0 Å². The van der Waals surface area contributed by atoms with Crippen LogP contribution >= 0.6 is 0 Å². The van der Waals surface area contributed by atoms with Crippen molar-refractivity contribution in [3.05, 3.63) is 55.5 Å². The molecule has 15 heavy (non-hydrogen) atoms. The first kappa shape index (κ1) is 14.0. The molecule has 0 amide bonds. The van der Waals surface area contributed by atoms with Crippen LogP contribution in [-0.4, -0.2) is 5.78 Å². The van der Waals surface area contributed by atoms with Gasteiger partial charge in [-0.15, -0.1) is 0 Å². The van der Waals surface area contributed by atoms with E-state index < -0.39 is 0 Å². The van der Waals surface area contributed by atoms with Crippen LogP contribution in [0.3, 0.4) is 0 Å². The topological polar surface area (TPSA) is 17.1 Å². The largest absolute Gasteiger partial charge is 1.00 e. The van der Waals surface area contributed by atoms with Gasteiger partial charge in [0.1, 0.15) is 0 Å². The normalized spacial score (nSPS) is 8.33. The Balaban J connectivity index is 0.000000346. The van der Waals surface area contributed by atoms with Gasteiger partial charge in [-0.05, 0) is 23.5 Å². The third-order valence-electron chi connectivity index (χ3n) is 1.66. The van der Waals surface area contributed by atoms with Crippen LogP contribution in [-0.2, 0) is 27.2 Å². The Hall–Kier alpha value is -1.02. The van der Waals surface area contributed by atoms with Gasteiger partial charge in [-0.25, -0.2) is 0 Å². The number of carbonyl (C=O) groups excluding carboxylic acids is 1. The number of carbonyl (C=O) groups is 1. The van der Waals surface area contributed by atoms with E-state index in [1.54, 1.807) is 0 Å². The Morgan fingerprint density at radius 3 is 1.33 bits per heavy atom. The van der Waals surface area contributed by atoms with Gasteiger partial charge in [0.15, 0.2) is 0 Å². The Morgan fingerprint density at radius 2 is 1.13 bits per heavy atom. The van der Waals surface area contributed by atoms with E-state index in [-0.39, 0.29) is 28.2 Å². The zero-order chi connectivity index (χ0) is 10.4. The summed E-state index contributed by atoms with van der Waals surface area (Å²) in [6, 6.07) is 16.7. The zero-order valence-corrected chi connectivity index (χ0v) is 10.0. The summed E-state index contributed by atoms with van der Waals surface area (Å²) >= 11 is 0. The summed E-state index contributed by atoms with van der Waals surface area (Å²) in [4.78, 5) is 9.33. The molecule has 0 radical (unpaired) electrons. The van der Waals surface area contributed by atoms with E-state index in [2.05, 4.69) is 55.5 Å². The van der Waals surface area contributed by atoms with Crippen LogP contribution in [0.4, 0.5) is 0 Å². The molecule has 0 saturated carbocycles. The smallest absolute Gasteiger partial charge is 0.340 e. The minimum Gasteiger partial charge on any atom is -0.340 e. The fourth-order valence-corrected chi connectivity index (χ4v) is 1.13. The van der Waals surface area contributed by atoms with Gasteiger partial charge in [0.25, 0.3) is 0 Å². The Morgan fingerprint density at radius 1 is 0.933 bits per heavy atom. The van der Waals surface area contributed by atoms with Crippen LogP contribution in [0, 0.1) is 6.92 Å². The van der Waals surface area contributed by atoms with Gasteiger partial charge < -0.3 is 11.7 Å². The monoisotopic (exact) mass is 292 g/mol. The van der Waals surface area contributed by atoms with Crippen LogP contribution in [0.5, 0.6) is 0 Å². The van der Waals surface area contributed by atoms with E-state index in [9.17, 15) is 4.79 Å². The summed E-state index contributed by atoms with van der Waals surface area (Å²) in [5.74, 6) is -0.0833. The molecule has 0 aliphatic heterocycles. The van der Waals surface area contributed by atoms with Gasteiger partial charge in [-0.2, -0.15) is 0 Å². The molecule has 0 aromatic heterocycles. The summed E-state index contributed by atoms with van der Waals surface area (Å²) in [6.45, 7) is 4.42. The van der Waals surface area contributed by atoms with E-state index >= 15 is 0 Å². The summed E-state index contributed by atoms with van der Waals surface area (Å²) in [7, 11) is 0. The number of hydrogen-bond acceptors (Lipinski definition) is 1. The van der Waals surface area contributed by atoms with Crippen LogP contribution < -0.4 is 0 Å². The van der Waals surface area contributed by atoms with Crippen LogP contribution in [0.1, 0.15) is 6.92 Å². The quantitative estimate of drug-likeness (QED) is 0.538. The molecule has 0 bridgehead atoms. The molecule has 2 rings (SSSR count). The summed E-state index contributed by atoms with van der Waals surface area (Å²) in [5.41, 5.74) is 0. The SMILES string of the molecule is [Ag+].[CH2-]C(C)=O.c1ccc2ccccc2c1. The molecule has 0 atom stereocenters. The van der Waals surface area contributed by atoms with E-state index in [1.807, 2.05) is 0 Å². The van der Waals surface area contributed by atoms with E-state index in [0.29, 0.717) is 0 Å². The van der Waals surface area contributed by atoms with Crippen LogP contribution in [0.2, 0.25) is 0 Å². The minimum absolute atomic E-state index is 0. The first-order chi connectivity index (χ1) is 6.70. The van der Waals surface area contributed by atoms with Crippen LogP contribution in [0.15, 0.2) is 48.5 Å². The maximum Gasteiger partial charge on any atom is 1.00 e. The van der Waals surface area contributed by atoms with Crippen molar-refractivity contribution >= 4 is 16.6 Å². The van der Waals surface area contributed by atoms with Crippen molar-refractivity contribution in [2.75, 3.05) is 0 Å². The number of Topliss-reactive ketones (excluding diaryl/α,β-unsaturated/α-hetero) is 1. The fraction of sp³-hybridized carbons (Fsp3) is 0.0769. The molecule has 2 heteroatoms. The molecule has 0 saturated heterocycles. The third-order valence-corrected chi connectivity index (χ3v) is 1.66. The minimum atomic E-state index is -0.0833. The first-order valence-corrected chi connectivity index (χ1v) is 4.46. The number of fused-ring (bicyclic) bond motifs is 1. The molecule has 0 heterocycles. The first-order valence-electron chi connectivity index (χ1n) is 4.46. The van der Waals surface area contributed by atoms with Crippen molar-refractivity contribution < 1.29 is 27.2 Å². The van der Waals surface area contributed by atoms with Gasteiger partial charge >= 0.3 is 22.4 Å². The van der Waals surface area contributed by atoms with Crippen molar-refractivity contribution in [1.29, 1.82) is 0 Å². The third kappa shape index (κ3) is 5.43. The predicted octanol–water partition coefficient (Wildman–Crippen LogP) is 3.25. The van der Waals surface area contributed by atoms with E-state index in [0.717, 1.165) is 0 Å². The van der Waals surface area contributed by atoms with Crippen molar-refractivity contribution in [2.24, 2.45) is 0 Å². The molecule has 0 fully saturated rings. The standard InChI is InChI=1S/C10H8.C3H5O.Ag/c1-2-6-10-8-4-3-7-9(10)5-1;1-3(2)4;/h1-8H;1H2,2H3;/q;-1;+1. The van der Waals surface area contributed by atoms with Crippen LogP contribution in [0.25, 0.3) is 10.8 Å². The van der Waals surface area contributed by atoms with E-state index in [1.165, 1.54) is 17.7 Å². The summed E-state index contributed by atoms with van der Waals surface area (Å²) in [6.07, 6.45) is 0. The molecular weight excluding hydrogens is 280 g/mol. The average molecular weight is 293 g/mol. The van der Waals surface area contributed by atoms with Gasteiger partial charge in [-0.3, -0.25) is 0 Å². The molecule has 0 aliphatic carbocycles. The summed E-state index contributed by atoms with van der Waals surface area (Å²) < 4.78 is 0. The molecule has 82 valence electrons. The number of hydrogen-bond donors (Lipinski definition) is 0. The van der Waals surface area contributed by atoms with Gasteiger partial charge in [0, 0.05) is 0 Å².